The molecule has 0 saturated heterocycles. The fraction of sp³-hybridized carbons (Fsp3) is 0.294. The summed E-state index contributed by atoms with van der Waals surface area (Å²) in [7, 11) is 1.75. The van der Waals surface area contributed by atoms with Crippen molar-refractivity contribution >= 4 is 39.5 Å². The smallest absolute Gasteiger partial charge is 0.295 e. The highest BCUT2D eigenvalue weighted by Crippen LogP contribution is 2.31. The zero-order valence-electron chi connectivity index (χ0n) is 14.4. The van der Waals surface area contributed by atoms with E-state index in [1.807, 2.05) is 11.4 Å². The summed E-state index contributed by atoms with van der Waals surface area (Å²) in [6.45, 7) is 5.59. The molecule has 3 aromatic heterocycles. The lowest BCUT2D eigenvalue weighted by atomic mass is 10.1. The van der Waals surface area contributed by atoms with Gasteiger partial charge in [0.05, 0.1) is 21.8 Å². The number of nitrogens with zero attached hydrogens (tertiary/aromatic N) is 3. The van der Waals surface area contributed by atoms with E-state index in [0.29, 0.717) is 22.1 Å². The van der Waals surface area contributed by atoms with E-state index in [0.717, 1.165) is 17.0 Å². The Hall–Kier alpha value is -2.32. The second kappa shape index (κ2) is 6.89. The standard InChI is InChI=1S/C17H18N4O2S2/c1-5-11-6-7-13(25-11)12-8-24-17(18-12)19-16(23)15(22)14-9(2)20-21(4)10(14)3/h6-8H,5H2,1-4H3,(H,18,19,23). The maximum absolute atomic E-state index is 12.4. The molecular weight excluding hydrogens is 356 g/mol. The molecule has 0 aliphatic carbocycles. The Bertz CT molecular complexity index is 952. The molecule has 1 amide bonds. The van der Waals surface area contributed by atoms with Gasteiger partial charge in [-0.25, -0.2) is 4.98 Å². The van der Waals surface area contributed by atoms with Crippen molar-refractivity contribution in [1.82, 2.24) is 14.8 Å². The second-order valence-electron chi connectivity index (χ2n) is 5.61. The number of aryl methyl sites for hydroxylation is 3. The number of Topliss-reactive ketones (excluding diaryl/α,β-unsaturated/α-hetero) is 1. The van der Waals surface area contributed by atoms with Gasteiger partial charge in [0.2, 0.25) is 0 Å². The van der Waals surface area contributed by atoms with E-state index in [2.05, 4.69) is 28.4 Å². The molecule has 0 spiro atoms. The Balaban J connectivity index is 1.76. The third-order valence-electron chi connectivity index (χ3n) is 3.93. The summed E-state index contributed by atoms with van der Waals surface area (Å²) in [6, 6.07) is 4.10. The molecule has 0 aliphatic rings. The van der Waals surface area contributed by atoms with Gasteiger partial charge in [-0.1, -0.05) is 6.92 Å². The zero-order valence-corrected chi connectivity index (χ0v) is 16.0. The van der Waals surface area contributed by atoms with E-state index in [1.165, 1.54) is 16.2 Å². The van der Waals surface area contributed by atoms with Crippen molar-refractivity contribution < 1.29 is 9.59 Å². The molecule has 1 N–H and O–H groups in total. The first-order chi connectivity index (χ1) is 11.9. The van der Waals surface area contributed by atoms with Crippen LogP contribution in [0.2, 0.25) is 0 Å². The van der Waals surface area contributed by atoms with Crippen LogP contribution in [-0.4, -0.2) is 26.5 Å². The van der Waals surface area contributed by atoms with Crippen molar-refractivity contribution in [1.29, 1.82) is 0 Å². The minimum atomic E-state index is -0.694. The molecule has 0 radical (unpaired) electrons. The highest BCUT2D eigenvalue weighted by atomic mass is 32.1. The first-order valence-electron chi connectivity index (χ1n) is 7.81. The Morgan fingerprint density at radius 3 is 2.64 bits per heavy atom. The molecule has 0 unspecified atom stereocenters. The van der Waals surface area contributed by atoms with Crippen LogP contribution in [0.15, 0.2) is 17.5 Å². The summed E-state index contributed by atoms with van der Waals surface area (Å²) in [5, 5.41) is 9.08. The Morgan fingerprint density at radius 2 is 2.04 bits per heavy atom. The fourth-order valence-electron chi connectivity index (χ4n) is 2.52. The summed E-state index contributed by atoms with van der Waals surface area (Å²) in [6.07, 6.45) is 0.983. The third kappa shape index (κ3) is 3.40. The minimum Gasteiger partial charge on any atom is -0.295 e. The molecule has 3 aromatic rings. The van der Waals surface area contributed by atoms with Gasteiger partial charge in [0.1, 0.15) is 0 Å². The van der Waals surface area contributed by atoms with E-state index < -0.39 is 11.7 Å². The maximum atomic E-state index is 12.4. The van der Waals surface area contributed by atoms with E-state index in [1.54, 1.807) is 36.9 Å². The molecule has 0 fully saturated rings. The molecule has 0 bridgehead atoms. The van der Waals surface area contributed by atoms with Crippen molar-refractivity contribution in [3.05, 3.63) is 39.3 Å². The normalized spacial score (nSPS) is 10.9. The van der Waals surface area contributed by atoms with E-state index in [4.69, 9.17) is 0 Å². The zero-order chi connectivity index (χ0) is 18.1. The van der Waals surface area contributed by atoms with Crippen LogP contribution >= 0.6 is 22.7 Å². The second-order valence-corrected chi connectivity index (χ2v) is 7.64. The van der Waals surface area contributed by atoms with Gasteiger partial charge in [-0.05, 0) is 32.4 Å². The quantitative estimate of drug-likeness (QED) is 0.547. The number of hydrogen-bond acceptors (Lipinski definition) is 6. The Labute approximate surface area is 153 Å². The highest BCUT2D eigenvalue weighted by Gasteiger charge is 2.24. The first-order valence-corrected chi connectivity index (χ1v) is 9.50. The van der Waals surface area contributed by atoms with Crippen LogP contribution < -0.4 is 5.32 Å². The number of carbonyl (C=O) groups excluding carboxylic acids is 2. The molecule has 0 atom stereocenters. The maximum Gasteiger partial charge on any atom is 0.298 e. The Morgan fingerprint density at radius 1 is 1.28 bits per heavy atom. The van der Waals surface area contributed by atoms with Crippen LogP contribution in [0.25, 0.3) is 10.6 Å². The number of ketones is 1. The molecule has 25 heavy (non-hydrogen) atoms. The van der Waals surface area contributed by atoms with Crippen LogP contribution in [0.1, 0.15) is 33.5 Å². The number of rotatable bonds is 5. The molecule has 0 saturated carbocycles. The average molecular weight is 374 g/mol. The number of amides is 1. The van der Waals surface area contributed by atoms with Gasteiger partial charge in [-0.2, -0.15) is 5.10 Å². The number of nitrogens with one attached hydrogen (secondary N) is 1. The molecule has 8 heteroatoms. The van der Waals surface area contributed by atoms with Crippen molar-refractivity contribution in [2.24, 2.45) is 7.05 Å². The van der Waals surface area contributed by atoms with Gasteiger partial charge in [0.15, 0.2) is 5.13 Å². The summed E-state index contributed by atoms with van der Waals surface area (Å²) >= 11 is 2.99. The third-order valence-corrected chi connectivity index (χ3v) is 5.94. The largest absolute Gasteiger partial charge is 0.298 e. The summed E-state index contributed by atoms with van der Waals surface area (Å²) < 4.78 is 1.60. The summed E-state index contributed by atoms with van der Waals surface area (Å²) in [5.74, 6) is -1.29. The van der Waals surface area contributed by atoms with Gasteiger partial charge >= 0.3 is 0 Å². The monoisotopic (exact) mass is 374 g/mol. The van der Waals surface area contributed by atoms with Crippen LogP contribution in [0.4, 0.5) is 5.13 Å². The van der Waals surface area contributed by atoms with Gasteiger partial charge < -0.3 is 0 Å². The Kier molecular flexibility index (Phi) is 4.82. The van der Waals surface area contributed by atoms with Gasteiger partial charge in [-0.15, -0.1) is 22.7 Å². The minimum absolute atomic E-state index is 0.350. The van der Waals surface area contributed by atoms with Crippen LogP contribution in [-0.2, 0) is 18.3 Å². The van der Waals surface area contributed by atoms with Gasteiger partial charge in [0, 0.05) is 23.0 Å². The predicted molar refractivity (Wildman–Crippen MR) is 100 cm³/mol. The average Bonchev–Trinajstić information content (AvgIpc) is 3.27. The molecule has 130 valence electrons. The summed E-state index contributed by atoms with van der Waals surface area (Å²) in [4.78, 5) is 31.5. The lowest BCUT2D eigenvalue weighted by Gasteiger charge is -2.01. The molecule has 0 aliphatic heterocycles. The number of hydrogen-bond donors (Lipinski definition) is 1. The van der Waals surface area contributed by atoms with Crippen LogP contribution in [0.3, 0.4) is 0 Å². The van der Waals surface area contributed by atoms with E-state index in [9.17, 15) is 9.59 Å². The van der Waals surface area contributed by atoms with Gasteiger partial charge in [0.25, 0.3) is 11.7 Å². The number of aromatic nitrogens is 3. The van der Waals surface area contributed by atoms with Crippen molar-refractivity contribution in [3.8, 4) is 10.6 Å². The number of carbonyl (C=O) groups is 2. The number of anilines is 1. The molecule has 0 aromatic carbocycles. The fourth-order valence-corrected chi connectivity index (χ4v) is 4.21. The highest BCUT2D eigenvalue weighted by molar-refractivity contribution is 7.17. The lowest BCUT2D eigenvalue weighted by Crippen LogP contribution is -2.23. The topological polar surface area (TPSA) is 76.9 Å². The van der Waals surface area contributed by atoms with Crippen molar-refractivity contribution in [2.45, 2.75) is 27.2 Å². The molecule has 6 nitrogen and oxygen atoms in total. The van der Waals surface area contributed by atoms with Crippen LogP contribution in [0, 0.1) is 13.8 Å². The van der Waals surface area contributed by atoms with Crippen molar-refractivity contribution in [3.63, 3.8) is 0 Å². The number of thiazole rings is 1. The number of thiophene rings is 1. The van der Waals surface area contributed by atoms with Crippen LogP contribution in [0.5, 0.6) is 0 Å². The van der Waals surface area contributed by atoms with E-state index >= 15 is 0 Å². The lowest BCUT2D eigenvalue weighted by molar-refractivity contribution is -0.112. The SMILES string of the molecule is CCc1ccc(-c2csc(NC(=O)C(=O)c3c(C)nn(C)c3C)n2)s1. The predicted octanol–water partition coefficient (Wildman–Crippen LogP) is 3.61. The van der Waals surface area contributed by atoms with Crippen molar-refractivity contribution in [2.75, 3.05) is 5.32 Å². The first kappa shape index (κ1) is 17.5. The molecule has 3 heterocycles. The molecule has 3 rings (SSSR count). The molecular formula is C17H18N4O2S2. The summed E-state index contributed by atoms with van der Waals surface area (Å²) in [5.41, 5.74) is 2.38. The van der Waals surface area contributed by atoms with E-state index in [-0.39, 0.29) is 0 Å². The van der Waals surface area contributed by atoms with Gasteiger partial charge in [-0.3, -0.25) is 19.6 Å².